The van der Waals surface area contributed by atoms with E-state index in [1.54, 1.807) is 18.2 Å². The maximum atomic E-state index is 12.8. The van der Waals surface area contributed by atoms with Crippen molar-refractivity contribution in [1.82, 2.24) is 5.32 Å². The summed E-state index contributed by atoms with van der Waals surface area (Å²) in [5.74, 6) is -0.216. The van der Waals surface area contributed by atoms with Gasteiger partial charge in [0.05, 0.1) is 16.9 Å². The van der Waals surface area contributed by atoms with Gasteiger partial charge in [-0.25, -0.2) is 8.42 Å². The Hall–Kier alpha value is -2.81. The number of benzene rings is 2. The van der Waals surface area contributed by atoms with Gasteiger partial charge in [-0.15, -0.1) is 6.58 Å². The molecule has 0 spiro atoms. The highest BCUT2D eigenvalue weighted by Crippen LogP contribution is 2.30. The molecule has 0 aliphatic carbocycles. The SMILES string of the molecule is C=CCNC(=O)Cc1ccc(NS(=O)(=O)c2cccc(C(F)(F)F)c2)cc1. The third-order valence-electron chi connectivity index (χ3n) is 3.49. The number of amides is 1. The van der Waals surface area contributed by atoms with Crippen LogP contribution in [-0.4, -0.2) is 20.9 Å². The van der Waals surface area contributed by atoms with Crippen LogP contribution in [0.5, 0.6) is 0 Å². The highest BCUT2D eigenvalue weighted by Gasteiger charge is 2.31. The van der Waals surface area contributed by atoms with Crippen LogP contribution in [-0.2, 0) is 27.4 Å². The molecule has 0 aliphatic heterocycles. The van der Waals surface area contributed by atoms with Gasteiger partial charge in [-0.3, -0.25) is 9.52 Å². The lowest BCUT2D eigenvalue weighted by molar-refractivity contribution is -0.137. The summed E-state index contributed by atoms with van der Waals surface area (Å²) in [6, 6.07) is 9.45. The molecule has 0 saturated carbocycles. The van der Waals surface area contributed by atoms with Crippen LogP contribution in [0.25, 0.3) is 0 Å². The van der Waals surface area contributed by atoms with Crippen LogP contribution in [0.1, 0.15) is 11.1 Å². The summed E-state index contributed by atoms with van der Waals surface area (Å²) in [5.41, 5.74) is -0.229. The minimum Gasteiger partial charge on any atom is -0.352 e. The third-order valence-corrected chi connectivity index (χ3v) is 4.87. The molecule has 9 heteroatoms. The van der Waals surface area contributed by atoms with Gasteiger partial charge in [-0.2, -0.15) is 13.2 Å². The Balaban J connectivity index is 2.12. The molecule has 144 valence electrons. The maximum Gasteiger partial charge on any atom is 0.416 e. The minimum absolute atomic E-state index is 0.106. The number of hydrogen-bond donors (Lipinski definition) is 2. The molecule has 0 saturated heterocycles. The first-order valence-electron chi connectivity index (χ1n) is 7.78. The molecule has 0 bridgehead atoms. The van der Waals surface area contributed by atoms with Gasteiger partial charge in [-0.1, -0.05) is 24.3 Å². The van der Waals surface area contributed by atoms with Crippen molar-refractivity contribution in [2.24, 2.45) is 0 Å². The van der Waals surface area contributed by atoms with E-state index in [9.17, 15) is 26.4 Å². The molecule has 2 aromatic carbocycles. The number of sulfonamides is 1. The Morgan fingerprint density at radius 1 is 1.11 bits per heavy atom. The van der Waals surface area contributed by atoms with Crippen LogP contribution < -0.4 is 10.0 Å². The summed E-state index contributed by atoms with van der Waals surface area (Å²) in [7, 11) is -4.18. The Labute approximate surface area is 155 Å². The van der Waals surface area contributed by atoms with E-state index in [1.807, 2.05) is 0 Å². The first-order valence-corrected chi connectivity index (χ1v) is 9.27. The number of hydrogen-bond acceptors (Lipinski definition) is 3. The van der Waals surface area contributed by atoms with Crippen molar-refractivity contribution in [3.05, 3.63) is 72.3 Å². The maximum absolute atomic E-state index is 12.8. The second-order valence-electron chi connectivity index (χ2n) is 5.60. The molecule has 0 unspecified atom stereocenters. The zero-order valence-electron chi connectivity index (χ0n) is 14.1. The molecule has 2 N–H and O–H groups in total. The Morgan fingerprint density at radius 3 is 2.37 bits per heavy atom. The largest absolute Gasteiger partial charge is 0.416 e. The Kier molecular flexibility index (Phi) is 6.27. The van der Waals surface area contributed by atoms with Gasteiger partial charge in [0.15, 0.2) is 0 Å². The van der Waals surface area contributed by atoms with Crippen LogP contribution in [0.4, 0.5) is 18.9 Å². The fourth-order valence-electron chi connectivity index (χ4n) is 2.18. The molecule has 0 aromatic heterocycles. The number of alkyl halides is 3. The molecule has 0 fully saturated rings. The topological polar surface area (TPSA) is 75.3 Å². The molecular weight excluding hydrogens is 381 g/mol. The lowest BCUT2D eigenvalue weighted by atomic mass is 10.1. The van der Waals surface area contributed by atoms with Crippen LogP contribution in [0, 0.1) is 0 Å². The van der Waals surface area contributed by atoms with Crippen molar-refractivity contribution in [3.63, 3.8) is 0 Å². The highest BCUT2D eigenvalue weighted by molar-refractivity contribution is 7.92. The number of carbonyl (C=O) groups is 1. The Bertz CT molecular complexity index is 924. The number of carbonyl (C=O) groups excluding carboxylic acids is 1. The molecule has 0 aliphatic rings. The molecule has 27 heavy (non-hydrogen) atoms. The molecule has 5 nitrogen and oxygen atoms in total. The van der Waals surface area contributed by atoms with Crippen LogP contribution in [0.15, 0.2) is 66.1 Å². The predicted molar refractivity (Wildman–Crippen MR) is 95.6 cm³/mol. The van der Waals surface area contributed by atoms with Gasteiger partial charge in [-0.05, 0) is 35.9 Å². The van der Waals surface area contributed by atoms with E-state index in [1.165, 1.54) is 12.1 Å². The molecular formula is C18H17F3N2O3S. The van der Waals surface area contributed by atoms with Gasteiger partial charge in [0.1, 0.15) is 0 Å². The molecule has 0 heterocycles. The molecule has 2 rings (SSSR count). The zero-order chi connectivity index (χ0) is 20.1. The van der Waals surface area contributed by atoms with Gasteiger partial charge in [0, 0.05) is 12.2 Å². The van der Waals surface area contributed by atoms with Crippen molar-refractivity contribution >= 4 is 21.6 Å². The van der Waals surface area contributed by atoms with E-state index in [-0.39, 0.29) is 18.0 Å². The monoisotopic (exact) mass is 398 g/mol. The summed E-state index contributed by atoms with van der Waals surface area (Å²) in [4.78, 5) is 11.1. The summed E-state index contributed by atoms with van der Waals surface area (Å²) < 4.78 is 65.1. The van der Waals surface area contributed by atoms with E-state index in [4.69, 9.17) is 0 Å². The second kappa shape index (κ2) is 8.26. The average molecular weight is 398 g/mol. The van der Waals surface area contributed by atoms with Gasteiger partial charge >= 0.3 is 6.18 Å². The van der Waals surface area contributed by atoms with E-state index >= 15 is 0 Å². The molecule has 0 atom stereocenters. The van der Waals surface area contributed by atoms with Crippen molar-refractivity contribution in [1.29, 1.82) is 0 Å². The zero-order valence-corrected chi connectivity index (χ0v) is 14.9. The van der Waals surface area contributed by atoms with E-state index in [0.717, 1.165) is 18.2 Å². The van der Waals surface area contributed by atoms with E-state index in [2.05, 4.69) is 16.6 Å². The number of rotatable bonds is 7. The summed E-state index contributed by atoms with van der Waals surface area (Å²) in [5, 5.41) is 2.61. The summed E-state index contributed by atoms with van der Waals surface area (Å²) >= 11 is 0. The van der Waals surface area contributed by atoms with E-state index < -0.39 is 26.7 Å². The van der Waals surface area contributed by atoms with Crippen LogP contribution >= 0.6 is 0 Å². The van der Waals surface area contributed by atoms with Crippen LogP contribution in [0.3, 0.4) is 0 Å². The standard InChI is InChI=1S/C18H17F3N2O3S/c1-2-10-22-17(24)11-13-6-8-15(9-7-13)23-27(25,26)16-5-3-4-14(12-16)18(19,20)21/h2-9,12,23H,1,10-11H2,(H,22,24). The lowest BCUT2D eigenvalue weighted by Crippen LogP contribution is -2.24. The number of nitrogens with one attached hydrogen (secondary N) is 2. The Morgan fingerprint density at radius 2 is 1.78 bits per heavy atom. The quantitative estimate of drug-likeness (QED) is 0.703. The average Bonchev–Trinajstić information content (AvgIpc) is 2.61. The van der Waals surface area contributed by atoms with Gasteiger partial charge < -0.3 is 5.32 Å². The van der Waals surface area contributed by atoms with Crippen LogP contribution in [0.2, 0.25) is 0 Å². The van der Waals surface area contributed by atoms with Crippen molar-refractivity contribution in [3.8, 4) is 0 Å². The summed E-state index contributed by atoms with van der Waals surface area (Å²) in [6.07, 6.45) is -2.99. The second-order valence-corrected chi connectivity index (χ2v) is 7.28. The third kappa shape index (κ3) is 5.85. The first-order chi connectivity index (χ1) is 12.6. The molecule has 0 radical (unpaired) electrons. The molecule has 2 aromatic rings. The fraction of sp³-hybridized carbons (Fsp3) is 0.167. The van der Waals surface area contributed by atoms with Crippen molar-refractivity contribution in [2.45, 2.75) is 17.5 Å². The predicted octanol–water partition coefficient (Wildman–Crippen LogP) is 3.35. The van der Waals surface area contributed by atoms with E-state index in [0.29, 0.717) is 18.2 Å². The highest BCUT2D eigenvalue weighted by atomic mass is 32.2. The van der Waals surface area contributed by atoms with Gasteiger partial charge in [0.2, 0.25) is 5.91 Å². The first kappa shape index (κ1) is 20.5. The van der Waals surface area contributed by atoms with Crippen molar-refractivity contribution < 1.29 is 26.4 Å². The summed E-state index contributed by atoms with van der Waals surface area (Å²) in [6.45, 7) is 3.83. The normalized spacial score (nSPS) is 11.7. The lowest BCUT2D eigenvalue weighted by Gasteiger charge is -2.11. The fourth-order valence-corrected chi connectivity index (χ4v) is 3.28. The number of anilines is 1. The molecule has 1 amide bonds. The minimum atomic E-state index is -4.64. The van der Waals surface area contributed by atoms with Gasteiger partial charge in [0.25, 0.3) is 10.0 Å². The number of halogens is 3. The van der Waals surface area contributed by atoms with Crippen molar-refractivity contribution in [2.75, 3.05) is 11.3 Å². The smallest absolute Gasteiger partial charge is 0.352 e.